The van der Waals surface area contributed by atoms with Crippen molar-refractivity contribution in [2.24, 2.45) is 33.5 Å². The monoisotopic (exact) mass is 466 g/mol. The smallest absolute Gasteiger partial charge is 0.338 e. The first-order valence-corrected chi connectivity index (χ1v) is 13.2. The molecule has 34 heavy (non-hydrogen) atoms. The van der Waals surface area contributed by atoms with Crippen LogP contribution < -0.4 is 0 Å². The van der Waals surface area contributed by atoms with Gasteiger partial charge in [-0.25, -0.2) is 4.79 Å². The third-order valence-electron chi connectivity index (χ3n) is 11.0. The highest BCUT2D eigenvalue weighted by Gasteiger charge is 2.82. The van der Waals surface area contributed by atoms with Crippen LogP contribution in [0.4, 0.5) is 0 Å². The van der Waals surface area contributed by atoms with Crippen LogP contribution in [0.1, 0.15) is 83.0 Å². The molecular weight excluding hydrogens is 428 g/mol. The number of rotatable bonds is 4. The summed E-state index contributed by atoms with van der Waals surface area (Å²) in [6, 6.07) is 9.42. The highest BCUT2D eigenvalue weighted by molar-refractivity contribution is 5.89. The third-order valence-corrected chi connectivity index (χ3v) is 11.0. The molecule has 9 atom stereocenters. The quantitative estimate of drug-likeness (QED) is 0.429. The zero-order chi connectivity index (χ0) is 23.9. The van der Waals surface area contributed by atoms with E-state index in [0.717, 1.165) is 32.1 Å². The first-order valence-electron chi connectivity index (χ1n) is 13.2. The average molecular weight is 467 g/mol. The first kappa shape index (κ1) is 22.6. The molecule has 0 N–H and O–H groups in total. The van der Waals surface area contributed by atoms with Gasteiger partial charge in [0.2, 0.25) is 0 Å². The van der Waals surface area contributed by atoms with Crippen molar-refractivity contribution in [2.45, 2.75) is 91.0 Å². The van der Waals surface area contributed by atoms with Crippen molar-refractivity contribution >= 4 is 11.9 Å². The normalized spacial score (nSPS) is 48.2. The van der Waals surface area contributed by atoms with Crippen LogP contribution >= 0.6 is 0 Å². The Morgan fingerprint density at radius 1 is 0.941 bits per heavy atom. The summed E-state index contributed by atoms with van der Waals surface area (Å²) in [5.41, 5.74) is 0.549. The van der Waals surface area contributed by atoms with Crippen LogP contribution in [0, 0.1) is 33.5 Å². The van der Waals surface area contributed by atoms with E-state index in [4.69, 9.17) is 14.2 Å². The maximum Gasteiger partial charge on any atom is 0.338 e. The summed E-state index contributed by atoms with van der Waals surface area (Å²) in [6.45, 7) is 9.14. The zero-order valence-corrected chi connectivity index (χ0v) is 21.0. The Morgan fingerprint density at radius 2 is 1.68 bits per heavy atom. The third kappa shape index (κ3) is 2.88. The van der Waals surface area contributed by atoms with Gasteiger partial charge in [0.15, 0.2) is 0 Å². The van der Waals surface area contributed by atoms with Gasteiger partial charge < -0.3 is 14.2 Å². The second kappa shape index (κ2) is 7.32. The van der Waals surface area contributed by atoms with Crippen molar-refractivity contribution in [1.82, 2.24) is 0 Å². The van der Waals surface area contributed by atoms with E-state index < -0.39 is 0 Å². The number of benzene rings is 1. The van der Waals surface area contributed by atoms with E-state index in [-0.39, 0.29) is 51.9 Å². The lowest BCUT2D eigenvalue weighted by molar-refractivity contribution is -0.228. The molecular formula is C29H38O5. The molecule has 1 aromatic rings. The van der Waals surface area contributed by atoms with Crippen molar-refractivity contribution in [3.05, 3.63) is 35.9 Å². The van der Waals surface area contributed by atoms with Gasteiger partial charge in [0, 0.05) is 23.2 Å². The molecule has 2 bridgehead atoms. The first-order chi connectivity index (χ1) is 16.2. The SMILES string of the molecule is CC(=O)OC[C@@]1(C)CCC[C@@]2(C)C3CC[C@@]4(C)[C@H](OC(=O)c5ccccc5)C3(CCC12)[C@@H]1O[C@@H]14. The van der Waals surface area contributed by atoms with E-state index in [1.807, 2.05) is 30.3 Å². The fraction of sp³-hybridized carbons (Fsp3) is 0.724. The molecule has 4 aliphatic carbocycles. The second-order valence-corrected chi connectivity index (χ2v) is 12.7. The molecule has 0 amide bonds. The Labute approximate surface area is 202 Å². The van der Waals surface area contributed by atoms with Crippen molar-refractivity contribution in [2.75, 3.05) is 6.61 Å². The molecule has 184 valence electrons. The van der Waals surface area contributed by atoms with Crippen LogP contribution in [0.2, 0.25) is 0 Å². The Morgan fingerprint density at radius 3 is 2.41 bits per heavy atom. The van der Waals surface area contributed by atoms with Crippen LogP contribution in [0.3, 0.4) is 0 Å². The minimum Gasteiger partial charge on any atom is -0.465 e. The summed E-state index contributed by atoms with van der Waals surface area (Å²) < 4.78 is 18.5. The molecule has 1 spiro atoms. The number of esters is 2. The van der Waals surface area contributed by atoms with Gasteiger partial charge in [-0.15, -0.1) is 0 Å². The van der Waals surface area contributed by atoms with Gasteiger partial charge in [0.25, 0.3) is 0 Å². The maximum atomic E-state index is 13.3. The van der Waals surface area contributed by atoms with E-state index in [2.05, 4.69) is 20.8 Å². The van der Waals surface area contributed by atoms with Gasteiger partial charge in [-0.05, 0) is 67.9 Å². The number of epoxide rings is 1. The summed E-state index contributed by atoms with van der Waals surface area (Å²) in [4.78, 5) is 24.9. The van der Waals surface area contributed by atoms with E-state index in [1.165, 1.54) is 19.8 Å². The molecule has 0 radical (unpaired) electrons. The van der Waals surface area contributed by atoms with Crippen molar-refractivity contribution in [3.63, 3.8) is 0 Å². The van der Waals surface area contributed by atoms with Crippen molar-refractivity contribution < 1.29 is 23.8 Å². The highest BCUT2D eigenvalue weighted by atomic mass is 16.6. The predicted octanol–water partition coefficient (Wildman–Crippen LogP) is 5.57. The number of hydrogen-bond acceptors (Lipinski definition) is 5. The molecule has 3 unspecified atom stereocenters. The molecule has 1 aromatic carbocycles. The molecule has 5 aliphatic rings. The fourth-order valence-corrected chi connectivity index (χ4v) is 9.64. The van der Waals surface area contributed by atoms with E-state index >= 15 is 0 Å². The van der Waals surface area contributed by atoms with E-state index in [1.54, 1.807) is 0 Å². The number of hydrogen-bond donors (Lipinski definition) is 0. The molecule has 1 saturated heterocycles. The topological polar surface area (TPSA) is 65.1 Å². The van der Waals surface area contributed by atoms with Gasteiger partial charge in [0.05, 0.1) is 24.4 Å². The van der Waals surface area contributed by atoms with Crippen molar-refractivity contribution in [1.29, 1.82) is 0 Å². The minimum absolute atomic E-state index is 0.000341. The summed E-state index contributed by atoms with van der Waals surface area (Å²) in [5.74, 6) is 0.562. The fourth-order valence-electron chi connectivity index (χ4n) is 9.64. The molecule has 5 fully saturated rings. The largest absolute Gasteiger partial charge is 0.465 e. The number of carbonyl (C=O) groups excluding carboxylic acids is 2. The number of fused-ring (bicyclic) bond motifs is 5. The summed E-state index contributed by atoms with van der Waals surface area (Å²) >= 11 is 0. The van der Waals surface area contributed by atoms with Gasteiger partial charge >= 0.3 is 11.9 Å². The Kier molecular flexibility index (Phi) is 4.86. The van der Waals surface area contributed by atoms with Gasteiger partial charge in [-0.2, -0.15) is 0 Å². The van der Waals surface area contributed by atoms with Crippen LogP contribution in [0.5, 0.6) is 0 Å². The highest BCUT2D eigenvalue weighted by Crippen LogP contribution is 2.78. The standard InChI is InChI=1S/C29H38O5/c1-18(30)32-17-26(2)13-8-14-27(3)20(26)12-16-29-21(27)11-15-28(4,22-23(29)33-22)25(29)34-24(31)19-9-6-5-7-10-19/h5-7,9-10,20-23,25H,8,11-17H2,1-4H3/t20?,21?,22-,23+,25-,26+,27+,28+,29?/m0/s1. The average Bonchev–Trinajstić information content (AvgIpc) is 3.60. The van der Waals surface area contributed by atoms with Crippen LogP contribution in [0.15, 0.2) is 30.3 Å². The number of ether oxygens (including phenoxy) is 3. The lowest BCUT2D eigenvalue weighted by Crippen LogP contribution is -2.64. The lowest BCUT2D eigenvalue weighted by atomic mass is 9.39. The molecule has 1 aliphatic heterocycles. The predicted molar refractivity (Wildman–Crippen MR) is 127 cm³/mol. The van der Waals surface area contributed by atoms with Gasteiger partial charge in [-0.3, -0.25) is 4.79 Å². The molecule has 5 heteroatoms. The molecule has 0 aromatic heterocycles. The van der Waals surface area contributed by atoms with Gasteiger partial charge in [0.1, 0.15) is 6.10 Å². The molecule has 5 nitrogen and oxygen atoms in total. The Bertz CT molecular complexity index is 1010. The van der Waals surface area contributed by atoms with Crippen LogP contribution in [-0.2, 0) is 19.0 Å². The maximum absolute atomic E-state index is 13.3. The van der Waals surface area contributed by atoms with Crippen molar-refractivity contribution in [3.8, 4) is 0 Å². The lowest BCUT2D eigenvalue weighted by Gasteiger charge is -2.66. The van der Waals surface area contributed by atoms with E-state index in [9.17, 15) is 9.59 Å². The summed E-state index contributed by atoms with van der Waals surface area (Å²) in [5, 5.41) is 0. The molecule has 4 saturated carbocycles. The Hall–Kier alpha value is -1.88. The minimum atomic E-state index is -0.200. The summed E-state index contributed by atoms with van der Waals surface area (Å²) in [7, 11) is 0. The van der Waals surface area contributed by atoms with E-state index in [0.29, 0.717) is 24.0 Å². The Balaban J connectivity index is 1.35. The van der Waals surface area contributed by atoms with Crippen LogP contribution in [-0.4, -0.2) is 36.9 Å². The number of carbonyl (C=O) groups is 2. The molecule has 6 rings (SSSR count). The second-order valence-electron chi connectivity index (χ2n) is 12.7. The zero-order valence-electron chi connectivity index (χ0n) is 21.0. The summed E-state index contributed by atoms with van der Waals surface area (Å²) in [6.07, 6.45) is 8.07. The van der Waals surface area contributed by atoms with Crippen LogP contribution in [0.25, 0.3) is 0 Å². The molecule has 1 heterocycles. The van der Waals surface area contributed by atoms with Gasteiger partial charge in [-0.1, -0.05) is 45.4 Å².